The Morgan fingerprint density at radius 2 is 0.794 bits per heavy atom. The van der Waals surface area contributed by atoms with E-state index in [2.05, 4.69) is 45.0 Å². The van der Waals surface area contributed by atoms with E-state index in [9.17, 15) is 0 Å². The number of rotatable bonds is 28. The lowest BCUT2D eigenvalue weighted by Crippen LogP contribution is -2.17. The number of allylic oxidation sites excluding steroid dienone is 2. The van der Waals surface area contributed by atoms with Crippen molar-refractivity contribution < 1.29 is 0 Å². The zero-order chi connectivity index (χ0) is 25.0. The highest BCUT2D eigenvalue weighted by molar-refractivity contribution is 4.81. The average molecular weight is 478 g/mol. The van der Waals surface area contributed by atoms with Crippen LogP contribution in [0.5, 0.6) is 0 Å². The van der Waals surface area contributed by atoms with Crippen LogP contribution in [0.2, 0.25) is 0 Å². The first-order chi connectivity index (χ1) is 16.7. The molecule has 0 amide bonds. The number of unbranched alkanes of at least 4 members (excludes halogenated alkanes) is 19. The molecule has 0 aliphatic heterocycles. The van der Waals surface area contributed by atoms with Gasteiger partial charge >= 0.3 is 0 Å². The van der Waals surface area contributed by atoms with Gasteiger partial charge in [-0.3, -0.25) is 0 Å². The molecule has 0 bridgehead atoms. The maximum absolute atomic E-state index is 2.43. The highest BCUT2D eigenvalue weighted by atomic mass is 15.0. The molecule has 0 rings (SSSR count). The second-order valence-electron chi connectivity index (χ2n) is 11.4. The van der Waals surface area contributed by atoms with Crippen LogP contribution >= 0.6 is 0 Å². The Balaban J connectivity index is 3.54. The van der Waals surface area contributed by atoms with Crippen molar-refractivity contribution in [2.24, 2.45) is 5.92 Å². The molecule has 0 saturated heterocycles. The first-order valence-corrected chi connectivity index (χ1v) is 16.0. The summed E-state index contributed by atoms with van der Waals surface area (Å²) in [6.07, 6.45) is 40.6. The summed E-state index contributed by atoms with van der Waals surface area (Å²) in [6, 6.07) is 0. The van der Waals surface area contributed by atoms with Crippen molar-refractivity contribution in [2.45, 2.75) is 174 Å². The van der Waals surface area contributed by atoms with Crippen LogP contribution in [0.25, 0.3) is 0 Å². The number of nitrogens with zero attached hydrogens (tertiary/aromatic N) is 1. The number of hydrogen-bond donors (Lipinski definition) is 0. The van der Waals surface area contributed by atoms with Crippen LogP contribution in [0.4, 0.5) is 0 Å². The van der Waals surface area contributed by atoms with E-state index >= 15 is 0 Å². The highest BCUT2D eigenvalue weighted by Crippen LogP contribution is 2.22. The normalized spacial score (nSPS) is 12.9. The van der Waals surface area contributed by atoms with Gasteiger partial charge in [-0.25, -0.2) is 0 Å². The molecule has 0 spiro atoms. The predicted molar refractivity (Wildman–Crippen MR) is 158 cm³/mol. The molecule has 0 aromatic carbocycles. The fourth-order valence-corrected chi connectivity index (χ4v) is 5.12. The Bertz CT molecular complexity index is 386. The van der Waals surface area contributed by atoms with E-state index < -0.39 is 0 Å². The third-order valence-electron chi connectivity index (χ3n) is 7.57. The van der Waals surface area contributed by atoms with Crippen molar-refractivity contribution in [1.29, 1.82) is 0 Å². The molecular formula is C33H67N. The van der Waals surface area contributed by atoms with E-state index in [1.54, 1.807) is 0 Å². The quantitative estimate of drug-likeness (QED) is 0.0799. The van der Waals surface area contributed by atoms with E-state index in [0.717, 1.165) is 5.92 Å². The minimum Gasteiger partial charge on any atom is -0.309 e. The molecule has 1 heteroatoms. The maximum Gasteiger partial charge on any atom is -0.00222 e. The third-order valence-corrected chi connectivity index (χ3v) is 7.57. The fourth-order valence-electron chi connectivity index (χ4n) is 5.12. The van der Waals surface area contributed by atoms with Crippen molar-refractivity contribution in [3.05, 3.63) is 12.2 Å². The average Bonchev–Trinajstić information content (AvgIpc) is 2.83. The van der Waals surface area contributed by atoms with Gasteiger partial charge in [-0.05, 0) is 58.7 Å². The van der Waals surface area contributed by atoms with Gasteiger partial charge < -0.3 is 4.90 Å². The molecule has 0 aliphatic carbocycles. The highest BCUT2D eigenvalue weighted by Gasteiger charge is 2.09. The molecule has 1 nitrogen and oxygen atoms in total. The van der Waals surface area contributed by atoms with Crippen LogP contribution in [0.15, 0.2) is 12.2 Å². The lowest BCUT2D eigenvalue weighted by molar-refractivity contribution is 0.314. The smallest absolute Gasteiger partial charge is 0.00222 e. The monoisotopic (exact) mass is 478 g/mol. The second kappa shape index (κ2) is 28.9. The predicted octanol–water partition coefficient (Wildman–Crippen LogP) is 11.5. The van der Waals surface area contributed by atoms with Gasteiger partial charge in [0.1, 0.15) is 0 Å². The SMILES string of the molecule is CCCCC/C=C\CCCCCCCCCCCCC(CCCCCCCCC)CCN(C)C. The van der Waals surface area contributed by atoms with Gasteiger partial charge in [0.15, 0.2) is 0 Å². The van der Waals surface area contributed by atoms with Crippen molar-refractivity contribution >= 4 is 0 Å². The third kappa shape index (κ3) is 27.9. The summed E-state index contributed by atoms with van der Waals surface area (Å²) in [5.74, 6) is 0.976. The summed E-state index contributed by atoms with van der Waals surface area (Å²) >= 11 is 0. The van der Waals surface area contributed by atoms with Gasteiger partial charge in [0, 0.05) is 0 Å². The molecule has 0 N–H and O–H groups in total. The largest absolute Gasteiger partial charge is 0.309 e. The summed E-state index contributed by atoms with van der Waals surface area (Å²) in [7, 11) is 4.47. The van der Waals surface area contributed by atoms with Crippen LogP contribution in [0.3, 0.4) is 0 Å². The Hall–Kier alpha value is -0.300. The van der Waals surface area contributed by atoms with Crippen molar-refractivity contribution in [3.8, 4) is 0 Å². The standard InChI is InChI=1S/C33H67N/c1-5-7-9-11-13-14-15-16-17-18-19-20-21-22-24-26-28-30-33(31-32-34(3)4)29-27-25-23-12-10-8-6-2/h13-14,33H,5-12,15-32H2,1-4H3/b14-13-. The Labute approximate surface area is 217 Å². The molecule has 0 heterocycles. The molecule has 0 fully saturated rings. The van der Waals surface area contributed by atoms with E-state index in [0.29, 0.717) is 0 Å². The molecule has 34 heavy (non-hydrogen) atoms. The molecule has 0 saturated carbocycles. The van der Waals surface area contributed by atoms with Crippen molar-refractivity contribution in [1.82, 2.24) is 4.90 Å². The maximum atomic E-state index is 2.43. The number of hydrogen-bond acceptors (Lipinski definition) is 1. The molecule has 0 aliphatic rings. The first kappa shape index (κ1) is 33.7. The lowest BCUT2D eigenvalue weighted by atomic mass is 9.91. The van der Waals surface area contributed by atoms with E-state index in [1.165, 1.54) is 167 Å². The Kier molecular flexibility index (Phi) is 28.7. The van der Waals surface area contributed by atoms with Crippen LogP contribution < -0.4 is 0 Å². The molecule has 204 valence electrons. The molecule has 1 atom stereocenters. The lowest BCUT2D eigenvalue weighted by Gasteiger charge is -2.19. The Morgan fingerprint density at radius 1 is 0.441 bits per heavy atom. The van der Waals surface area contributed by atoms with Crippen LogP contribution in [0.1, 0.15) is 174 Å². The second-order valence-corrected chi connectivity index (χ2v) is 11.4. The van der Waals surface area contributed by atoms with E-state index in [4.69, 9.17) is 0 Å². The summed E-state index contributed by atoms with van der Waals surface area (Å²) in [5.41, 5.74) is 0. The van der Waals surface area contributed by atoms with Gasteiger partial charge in [0.25, 0.3) is 0 Å². The van der Waals surface area contributed by atoms with E-state index in [-0.39, 0.29) is 0 Å². The summed E-state index contributed by atoms with van der Waals surface area (Å²) in [4.78, 5) is 2.38. The zero-order valence-electron chi connectivity index (χ0n) is 24.6. The summed E-state index contributed by atoms with van der Waals surface area (Å²) in [5, 5.41) is 0. The van der Waals surface area contributed by atoms with Crippen LogP contribution in [0, 0.1) is 5.92 Å². The van der Waals surface area contributed by atoms with Gasteiger partial charge in [-0.2, -0.15) is 0 Å². The Morgan fingerprint density at radius 3 is 1.24 bits per heavy atom. The van der Waals surface area contributed by atoms with Gasteiger partial charge in [-0.15, -0.1) is 0 Å². The molecule has 0 radical (unpaired) electrons. The van der Waals surface area contributed by atoms with Crippen molar-refractivity contribution in [3.63, 3.8) is 0 Å². The topological polar surface area (TPSA) is 3.24 Å². The molecular weight excluding hydrogens is 410 g/mol. The van der Waals surface area contributed by atoms with Crippen LogP contribution in [-0.4, -0.2) is 25.5 Å². The van der Waals surface area contributed by atoms with Gasteiger partial charge in [0.05, 0.1) is 0 Å². The molecule has 0 aromatic heterocycles. The summed E-state index contributed by atoms with van der Waals surface area (Å²) in [6.45, 7) is 5.87. The van der Waals surface area contributed by atoms with Crippen molar-refractivity contribution in [2.75, 3.05) is 20.6 Å². The summed E-state index contributed by atoms with van der Waals surface area (Å²) < 4.78 is 0. The first-order valence-electron chi connectivity index (χ1n) is 16.0. The fraction of sp³-hybridized carbons (Fsp3) is 0.939. The van der Waals surface area contributed by atoms with Gasteiger partial charge in [0.2, 0.25) is 0 Å². The minimum absolute atomic E-state index is 0.976. The minimum atomic E-state index is 0.976. The molecule has 1 unspecified atom stereocenters. The van der Waals surface area contributed by atoms with Crippen LogP contribution in [-0.2, 0) is 0 Å². The zero-order valence-corrected chi connectivity index (χ0v) is 24.6. The van der Waals surface area contributed by atoms with Gasteiger partial charge in [-0.1, -0.05) is 154 Å². The van der Waals surface area contributed by atoms with E-state index in [1.807, 2.05) is 0 Å². The molecule has 0 aromatic rings.